The molecule has 1 aliphatic heterocycles. The molecule has 2 atom stereocenters. The number of anilines is 1. The first-order valence-corrected chi connectivity index (χ1v) is 10.1. The fraction of sp³-hybridized carbons (Fsp3) is 0.529. The van der Waals surface area contributed by atoms with Crippen molar-refractivity contribution in [3.05, 3.63) is 23.8 Å². The van der Waals surface area contributed by atoms with Crippen LogP contribution in [0.15, 0.2) is 18.2 Å². The first-order valence-electron chi connectivity index (χ1n) is 8.24. The molecule has 1 aliphatic rings. The second-order valence-corrected chi connectivity index (χ2v) is 8.52. The number of sulfonamides is 1. The van der Waals surface area contributed by atoms with Crippen LogP contribution in [0.1, 0.15) is 24.2 Å². The summed E-state index contributed by atoms with van der Waals surface area (Å²) in [4.78, 5) is 27.4. The van der Waals surface area contributed by atoms with Gasteiger partial charge in [-0.15, -0.1) is 0 Å². The van der Waals surface area contributed by atoms with Crippen LogP contribution in [0, 0.1) is 5.92 Å². The van der Waals surface area contributed by atoms with Gasteiger partial charge in [-0.2, -0.15) is 0 Å². The van der Waals surface area contributed by atoms with Crippen molar-refractivity contribution in [3.8, 4) is 5.75 Å². The van der Waals surface area contributed by atoms with Gasteiger partial charge in [-0.25, -0.2) is 8.42 Å². The molecule has 1 aromatic rings. The van der Waals surface area contributed by atoms with Crippen molar-refractivity contribution >= 4 is 27.5 Å². The lowest BCUT2D eigenvalue weighted by Gasteiger charge is -2.35. The molecule has 0 fully saturated rings. The highest BCUT2D eigenvalue weighted by Gasteiger charge is 2.31. The van der Waals surface area contributed by atoms with Crippen LogP contribution < -0.4 is 9.46 Å². The van der Waals surface area contributed by atoms with E-state index in [0.29, 0.717) is 13.1 Å². The molecule has 0 saturated carbocycles. The number of likely N-dealkylation sites (N-methyl/N-ethyl adjacent to an activating group) is 1. The molecular formula is C17H25N3O5S. The Hall–Kier alpha value is -2.29. The zero-order chi connectivity index (χ0) is 19.6. The zero-order valence-electron chi connectivity index (χ0n) is 15.6. The first kappa shape index (κ1) is 20.0. The zero-order valence-corrected chi connectivity index (χ0v) is 16.5. The SMILES string of the molecule is CC(=O)N(C)C[C@@H]1Oc2c(NS(C)(=O)=O)cccc2C(=O)N(C)C[C@H]1C. The molecule has 1 aromatic carbocycles. The molecule has 0 bridgehead atoms. The lowest BCUT2D eigenvalue weighted by Crippen LogP contribution is -2.46. The third-order valence-corrected chi connectivity index (χ3v) is 4.94. The van der Waals surface area contributed by atoms with Crippen LogP contribution in [0.2, 0.25) is 0 Å². The Morgan fingerprint density at radius 2 is 2.08 bits per heavy atom. The van der Waals surface area contributed by atoms with E-state index in [1.165, 1.54) is 11.8 Å². The van der Waals surface area contributed by atoms with E-state index in [0.717, 1.165) is 6.26 Å². The number of nitrogens with one attached hydrogen (secondary N) is 1. The Morgan fingerprint density at radius 1 is 1.42 bits per heavy atom. The highest BCUT2D eigenvalue weighted by atomic mass is 32.2. The number of fused-ring (bicyclic) bond motifs is 1. The summed E-state index contributed by atoms with van der Waals surface area (Å²) in [5.41, 5.74) is 0.486. The number of hydrogen-bond donors (Lipinski definition) is 1. The van der Waals surface area contributed by atoms with Gasteiger partial charge in [0.05, 0.1) is 24.1 Å². The van der Waals surface area contributed by atoms with Crippen molar-refractivity contribution in [2.45, 2.75) is 20.0 Å². The topological polar surface area (TPSA) is 96.0 Å². The molecule has 1 N–H and O–H groups in total. The van der Waals surface area contributed by atoms with Crippen molar-refractivity contribution in [2.75, 3.05) is 38.2 Å². The van der Waals surface area contributed by atoms with Gasteiger partial charge in [-0.3, -0.25) is 14.3 Å². The predicted octanol–water partition coefficient (Wildman–Crippen LogP) is 1.01. The summed E-state index contributed by atoms with van der Waals surface area (Å²) in [7, 11) is -0.185. The van der Waals surface area contributed by atoms with Crippen LogP contribution in [-0.2, 0) is 14.8 Å². The van der Waals surface area contributed by atoms with E-state index in [2.05, 4.69) is 4.72 Å². The molecule has 26 heavy (non-hydrogen) atoms. The molecule has 2 rings (SSSR count). The summed E-state index contributed by atoms with van der Waals surface area (Å²) in [6.45, 7) is 4.18. The molecule has 0 aliphatic carbocycles. The van der Waals surface area contributed by atoms with E-state index in [-0.39, 0.29) is 34.7 Å². The number of ether oxygens (including phenoxy) is 1. The number of para-hydroxylation sites is 1. The number of carbonyl (C=O) groups is 2. The summed E-state index contributed by atoms with van der Waals surface area (Å²) in [6, 6.07) is 4.75. The Labute approximate surface area is 154 Å². The maximum absolute atomic E-state index is 12.7. The van der Waals surface area contributed by atoms with Gasteiger partial charge in [-0.1, -0.05) is 13.0 Å². The van der Waals surface area contributed by atoms with E-state index < -0.39 is 16.1 Å². The number of nitrogens with zero attached hydrogens (tertiary/aromatic N) is 2. The lowest BCUT2D eigenvalue weighted by atomic mass is 10.0. The number of amides is 2. The predicted molar refractivity (Wildman–Crippen MR) is 98.8 cm³/mol. The van der Waals surface area contributed by atoms with Gasteiger partial charge in [0.1, 0.15) is 6.10 Å². The Kier molecular flexibility index (Phi) is 5.80. The fourth-order valence-electron chi connectivity index (χ4n) is 2.83. The minimum Gasteiger partial charge on any atom is -0.485 e. The fourth-order valence-corrected chi connectivity index (χ4v) is 3.39. The third kappa shape index (κ3) is 4.66. The lowest BCUT2D eigenvalue weighted by molar-refractivity contribution is -0.129. The molecule has 2 amide bonds. The quantitative estimate of drug-likeness (QED) is 0.837. The molecular weight excluding hydrogens is 358 g/mol. The van der Waals surface area contributed by atoms with Crippen molar-refractivity contribution in [3.63, 3.8) is 0 Å². The molecule has 0 unspecified atom stereocenters. The Bertz CT molecular complexity index is 809. The maximum Gasteiger partial charge on any atom is 0.257 e. The molecule has 0 saturated heterocycles. The van der Waals surface area contributed by atoms with E-state index in [1.54, 1.807) is 37.2 Å². The summed E-state index contributed by atoms with van der Waals surface area (Å²) < 4.78 is 31.9. The molecule has 144 valence electrons. The Balaban J connectivity index is 2.51. The van der Waals surface area contributed by atoms with Gasteiger partial charge in [0.25, 0.3) is 5.91 Å². The van der Waals surface area contributed by atoms with Gasteiger partial charge >= 0.3 is 0 Å². The van der Waals surface area contributed by atoms with Gasteiger partial charge in [-0.05, 0) is 12.1 Å². The summed E-state index contributed by atoms with van der Waals surface area (Å²) in [5.74, 6) is -0.231. The number of hydrogen-bond acceptors (Lipinski definition) is 5. The van der Waals surface area contributed by atoms with Gasteiger partial charge in [0, 0.05) is 33.5 Å². The highest BCUT2D eigenvalue weighted by molar-refractivity contribution is 7.92. The van der Waals surface area contributed by atoms with Crippen LogP contribution >= 0.6 is 0 Å². The molecule has 8 nitrogen and oxygen atoms in total. The maximum atomic E-state index is 12.7. The second-order valence-electron chi connectivity index (χ2n) is 6.78. The van der Waals surface area contributed by atoms with Gasteiger partial charge < -0.3 is 14.5 Å². The van der Waals surface area contributed by atoms with Crippen molar-refractivity contribution in [1.29, 1.82) is 0 Å². The standard InChI is InChI=1S/C17H25N3O5S/c1-11-9-20(4)17(22)13-7-6-8-14(18-26(5,23)24)16(13)25-15(11)10-19(3)12(2)21/h6-8,11,15,18H,9-10H2,1-5H3/t11-,15+/m1/s1. The van der Waals surface area contributed by atoms with E-state index in [4.69, 9.17) is 4.74 Å². The molecule has 1 heterocycles. The summed E-state index contributed by atoms with van der Waals surface area (Å²) in [5, 5.41) is 0. The number of carbonyl (C=O) groups excluding carboxylic acids is 2. The molecule has 9 heteroatoms. The Morgan fingerprint density at radius 3 is 2.65 bits per heavy atom. The van der Waals surface area contributed by atoms with Crippen LogP contribution in [0.4, 0.5) is 5.69 Å². The number of rotatable bonds is 4. The summed E-state index contributed by atoms with van der Waals surface area (Å²) in [6.07, 6.45) is 0.633. The molecule has 0 aromatic heterocycles. The highest BCUT2D eigenvalue weighted by Crippen LogP contribution is 2.34. The molecule has 0 spiro atoms. The van der Waals surface area contributed by atoms with E-state index in [1.807, 2.05) is 6.92 Å². The van der Waals surface area contributed by atoms with Gasteiger partial charge in [0.2, 0.25) is 15.9 Å². The van der Waals surface area contributed by atoms with Crippen molar-refractivity contribution < 1.29 is 22.7 Å². The van der Waals surface area contributed by atoms with E-state index >= 15 is 0 Å². The molecule has 0 radical (unpaired) electrons. The average molecular weight is 383 g/mol. The van der Waals surface area contributed by atoms with Crippen LogP contribution in [0.3, 0.4) is 0 Å². The number of benzene rings is 1. The largest absolute Gasteiger partial charge is 0.485 e. The normalized spacial score (nSPS) is 20.5. The van der Waals surface area contributed by atoms with Crippen LogP contribution in [-0.4, -0.2) is 69.6 Å². The first-order chi connectivity index (χ1) is 12.0. The average Bonchev–Trinajstić information content (AvgIpc) is 2.52. The van der Waals surface area contributed by atoms with E-state index in [9.17, 15) is 18.0 Å². The second kappa shape index (κ2) is 7.53. The third-order valence-electron chi connectivity index (χ3n) is 4.34. The van der Waals surface area contributed by atoms with Crippen molar-refractivity contribution in [1.82, 2.24) is 9.80 Å². The minimum atomic E-state index is -3.55. The van der Waals surface area contributed by atoms with Crippen molar-refractivity contribution in [2.24, 2.45) is 5.92 Å². The monoisotopic (exact) mass is 383 g/mol. The summed E-state index contributed by atoms with van der Waals surface area (Å²) >= 11 is 0. The van der Waals surface area contributed by atoms with Gasteiger partial charge in [0.15, 0.2) is 5.75 Å². The van der Waals surface area contributed by atoms with Crippen LogP contribution in [0.25, 0.3) is 0 Å². The minimum absolute atomic E-state index is 0.0646. The van der Waals surface area contributed by atoms with Crippen LogP contribution in [0.5, 0.6) is 5.75 Å². The smallest absolute Gasteiger partial charge is 0.257 e.